The molecule has 4 aromatic rings. The van der Waals surface area contributed by atoms with Crippen LogP contribution in [0.1, 0.15) is 51.9 Å². The molecular formula is C30H33BrN4O3. The molecule has 1 unspecified atom stereocenters. The van der Waals surface area contributed by atoms with Crippen LogP contribution in [0, 0.1) is 0 Å². The second-order valence-electron chi connectivity index (χ2n) is 8.96. The van der Waals surface area contributed by atoms with Crippen molar-refractivity contribution in [3.05, 3.63) is 93.4 Å². The maximum Gasteiger partial charge on any atom is 0.322 e. The summed E-state index contributed by atoms with van der Waals surface area (Å²) in [6.45, 7) is 7.12. The number of aromatic nitrogens is 2. The van der Waals surface area contributed by atoms with E-state index in [0.29, 0.717) is 47.7 Å². The van der Waals surface area contributed by atoms with E-state index in [0.717, 1.165) is 23.1 Å². The Morgan fingerprint density at radius 1 is 1.03 bits per heavy atom. The van der Waals surface area contributed by atoms with E-state index in [2.05, 4.69) is 28.2 Å². The van der Waals surface area contributed by atoms with Gasteiger partial charge in [0.05, 0.1) is 29.2 Å². The quantitative estimate of drug-likeness (QED) is 0.214. The fraction of sp³-hybridized carbons (Fsp3) is 0.300. The van der Waals surface area contributed by atoms with Gasteiger partial charge in [-0.2, -0.15) is 0 Å². The molecule has 0 radical (unpaired) electrons. The Kier molecular flexibility index (Phi) is 9.18. The number of nitrogens with zero attached hydrogens (tertiary/aromatic N) is 3. The second-order valence-corrected chi connectivity index (χ2v) is 9.88. The molecule has 7 nitrogen and oxygen atoms in total. The van der Waals surface area contributed by atoms with Crippen LogP contribution in [-0.4, -0.2) is 33.6 Å². The number of ether oxygens (including phenoxy) is 1. The van der Waals surface area contributed by atoms with Crippen molar-refractivity contribution in [2.75, 3.05) is 18.5 Å². The van der Waals surface area contributed by atoms with Crippen molar-refractivity contribution in [3.8, 4) is 11.4 Å². The first-order chi connectivity index (χ1) is 18.5. The van der Waals surface area contributed by atoms with Crippen LogP contribution in [-0.2, 0) is 0 Å². The molecule has 0 bridgehead atoms. The SMILES string of the molecule is CCCCN(C(=O)Nc1ccc(Br)cc1)C(CC)c1nc2ccccc2c(=O)n1-c1ccc(OCC)cc1. The first-order valence-electron chi connectivity index (χ1n) is 13.0. The van der Waals surface area contributed by atoms with Gasteiger partial charge in [0, 0.05) is 16.7 Å². The van der Waals surface area contributed by atoms with E-state index in [9.17, 15) is 9.59 Å². The number of rotatable bonds is 10. The molecule has 1 N–H and O–H groups in total. The Labute approximate surface area is 231 Å². The van der Waals surface area contributed by atoms with Gasteiger partial charge in [-0.3, -0.25) is 9.36 Å². The van der Waals surface area contributed by atoms with Crippen molar-refractivity contribution >= 4 is 38.6 Å². The van der Waals surface area contributed by atoms with Crippen molar-refractivity contribution < 1.29 is 9.53 Å². The number of anilines is 1. The summed E-state index contributed by atoms with van der Waals surface area (Å²) >= 11 is 3.44. The Hall–Kier alpha value is -3.65. The normalized spacial score (nSPS) is 11.8. The first kappa shape index (κ1) is 27.4. The Balaban J connectivity index is 1.84. The molecule has 0 spiro atoms. The molecule has 1 atom stereocenters. The number of carbonyl (C=O) groups excluding carboxylic acids is 1. The fourth-order valence-electron chi connectivity index (χ4n) is 4.48. The Morgan fingerprint density at radius 2 is 1.74 bits per heavy atom. The summed E-state index contributed by atoms with van der Waals surface area (Å²) in [4.78, 5) is 34.3. The maximum atomic E-state index is 13.9. The summed E-state index contributed by atoms with van der Waals surface area (Å²) in [5.41, 5.74) is 1.81. The highest BCUT2D eigenvalue weighted by atomic mass is 79.9. The van der Waals surface area contributed by atoms with E-state index in [4.69, 9.17) is 9.72 Å². The number of hydrogen-bond acceptors (Lipinski definition) is 4. The van der Waals surface area contributed by atoms with Crippen molar-refractivity contribution in [2.45, 2.75) is 46.1 Å². The largest absolute Gasteiger partial charge is 0.494 e. The van der Waals surface area contributed by atoms with Crippen LogP contribution >= 0.6 is 15.9 Å². The standard InChI is InChI=1S/C30H33BrN4O3/c1-4-7-20-34(30(37)32-22-14-12-21(31)13-15-22)27(5-2)28-33-26-11-9-8-10-25(26)29(36)35(28)23-16-18-24(19-17-23)38-6-3/h8-19,27H,4-7,20H2,1-3H3,(H,32,37). The van der Waals surface area contributed by atoms with Crippen LogP contribution < -0.4 is 15.6 Å². The first-order valence-corrected chi connectivity index (χ1v) is 13.8. The average molecular weight is 578 g/mol. The second kappa shape index (κ2) is 12.7. The van der Waals surface area contributed by atoms with Crippen molar-refractivity contribution in [2.24, 2.45) is 0 Å². The minimum atomic E-state index is -0.430. The smallest absolute Gasteiger partial charge is 0.322 e. The van der Waals surface area contributed by atoms with Crippen LogP contribution in [0.25, 0.3) is 16.6 Å². The van der Waals surface area contributed by atoms with Gasteiger partial charge in [0.1, 0.15) is 11.6 Å². The predicted octanol–water partition coefficient (Wildman–Crippen LogP) is 7.33. The minimum absolute atomic E-state index is 0.169. The third-order valence-corrected chi connectivity index (χ3v) is 6.91. The van der Waals surface area contributed by atoms with Gasteiger partial charge in [-0.25, -0.2) is 9.78 Å². The lowest BCUT2D eigenvalue weighted by Crippen LogP contribution is -2.41. The summed E-state index contributed by atoms with van der Waals surface area (Å²) in [6.07, 6.45) is 2.33. The molecular weight excluding hydrogens is 544 g/mol. The van der Waals surface area contributed by atoms with Crippen LogP contribution in [0.4, 0.5) is 10.5 Å². The monoisotopic (exact) mass is 576 g/mol. The van der Waals surface area contributed by atoms with Gasteiger partial charge in [-0.15, -0.1) is 0 Å². The maximum absolute atomic E-state index is 13.9. The highest BCUT2D eigenvalue weighted by molar-refractivity contribution is 9.10. The summed E-state index contributed by atoms with van der Waals surface area (Å²) in [6, 6.07) is 21.6. The van der Waals surface area contributed by atoms with E-state index in [-0.39, 0.29) is 11.6 Å². The molecule has 2 amide bonds. The Bertz CT molecular complexity index is 1440. The van der Waals surface area contributed by atoms with E-state index < -0.39 is 6.04 Å². The van der Waals surface area contributed by atoms with Crippen LogP contribution in [0.3, 0.4) is 0 Å². The molecule has 1 aromatic heterocycles. The average Bonchev–Trinajstić information content (AvgIpc) is 2.93. The van der Waals surface area contributed by atoms with Gasteiger partial charge in [0.2, 0.25) is 0 Å². The number of urea groups is 1. The molecule has 0 saturated carbocycles. The molecule has 198 valence electrons. The van der Waals surface area contributed by atoms with Crippen LogP contribution in [0.2, 0.25) is 0 Å². The van der Waals surface area contributed by atoms with Gasteiger partial charge in [0.15, 0.2) is 0 Å². The van der Waals surface area contributed by atoms with Gasteiger partial charge >= 0.3 is 6.03 Å². The molecule has 4 rings (SSSR count). The fourth-order valence-corrected chi connectivity index (χ4v) is 4.74. The summed E-state index contributed by atoms with van der Waals surface area (Å²) in [5, 5.41) is 3.56. The number of amides is 2. The number of halogens is 1. The number of benzene rings is 3. The number of unbranched alkanes of at least 4 members (excludes halogenated alkanes) is 1. The summed E-state index contributed by atoms with van der Waals surface area (Å²) in [5.74, 6) is 1.26. The number of carbonyl (C=O) groups is 1. The van der Waals surface area contributed by atoms with Gasteiger partial charge in [0.25, 0.3) is 5.56 Å². The topological polar surface area (TPSA) is 76.5 Å². The lowest BCUT2D eigenvalue weighted by atomic mass is 10.1. The number of para-hydroxylation sites is 1. The summed E-state index contributed by atoms with van der Waals surface area (Å²) in [7, 11) is 0. The number of nitrogens with one attached hydrogen (secondary N) is 1. The molecule has 3 aromatic carbocycles. The third-order valence-electron chi connectivity index (χ3n) is 6.38. The lowest BCUT2D eigenvalue weighted by molar-refractivity contribution is 0.180. The molecule has 0 saturated heterocycles. The van der Waals surface area contributed by atoms with Crippen molar-refractivity contribution in [3.63, 3.8) is 0 Å². The number of hydrogen-bond donors (Lipinski definition) is 1. The van der Waals surface area contributed by atoms with Crippen molar-refractivity contribution in [1.29, 1.82) is 0 Å². The van der Waals surface area contributed by atoms with Crippen LogP contribution in [0.5, 0.6) is 5.75 Å². The van der Waals surface area contributed by atoms with Crippen LogP contribution in [0.15, 0.2) is 82.1 Å². The van der Waals surface area contributed by atoms with E-state index >= 15 is 0 Å². The van der Waals surface area contributed by atoms with E-state index in [1.54, 1.807) is 15.5 Å². The molecule has 0 fully saturated rings. The van der Waals surface area contributed by atoms with Crippen molar-refractivity contribution in [1.82, 2.24) is 14.5 Å². The molecule has 38 heavy (non-hydrogen) atoms. The lowest BCUT2D eigenvalue weighted by Gasteiger charge is -2.32. The summed E-state index contributed by atoms with van der Waals surface area (Å²) < 4.78 is 8.18. The Morgan fingerprint density at radius 3 is 2.39 bits per heavy atom. The van der Waals surface area contributed by atoms with Gasteiger partial charge in [-0.05, 0) is 80.4 Å². The zero-order chi connectivity index (χ0) is 27.1. The minimum Gasteiger partial charge on any atom is -0.494 e. The van der Waals surface area contributed by atoms with E-state index in [1.807, 2.05) is 80.6 Å². The highest BCUT2D eigenvalue weighted by Crippen LogP contribution is 2.28. The van der Waals surface area contributed by atoms with Gasteiger partial charge < -0.3 is 15.0 Å². The van der Waals surface area contributed by atoms with E-state index in [1.165, 1.54) is 0 Å². The molecule has 0 aliphatic carbocycles. The number of fused-ring (bicyclic) bond motifs is 1. The zero-order valence-corrected chi connectivity index (χ0v) is 23.6. The third kappa shape index (κ3) is 6.07. The molecule has 0 aliphatic rings. The molecule has 1 heterocycles. The molecule has 8 heteroatoms. The molecule has 0 aliphatic heterocycles. The zero-order valence-electron chi connectivity index (χ0n) is 22.0. The highest BCUT2D eigenvalue weighted by Gasteiger charge is 2.29. The predicted molar refractivity (Wildman–Crippen MR) is 156 cm³/mol. The van der Waals surface area contributed by atoms with Gasteiger partial charge in [-0.1, -0.05) is 48.3 Å².